The molecule has 0 aliphatic carbocycles. The first-order chi connectivity index (χ1) is 8.06. The Morgan fingerprint density at radius 1 is 1.41 bits per heavy atom. The summed E-state index contributed by atoms with van der Waals surface area (Å²) in [5, 5.41) is 5.45. The summed E-state index contributed by atoms with van der Waals surface area (Å²) in [5.74, 6) is 2.07. The second kappa shape index (κ2) is 5.01. The maximum absolute atomic E-state index is 4.56. The molecule has 0 amide bonds. The Labute approximate surface area is 112 Å². The molecule has 2 unspecified atom stereocenters. The lowest BCUT2D eigenvalue weighted by Crippen LogP contribution is -2.43. The van der Waals surface area contributed by atoms with Gasteiger partial charge in [0.05, 0.1) is 5.69 Å². The van der Waals surface area contributed by atoms with Crippen molar-refractivity contribution in [3.8, 4) is 0 Å². The molecule has 4 heteroatoms. The van der Waals surface area contributed by atoms with Crippen LogP contribution < -0.4 is 4.90 Å². The molecular weight excluding hydrogens is 278 g/mol. The zero-order chi connectivity index (χ0) is 12.6. The molecule has 0 bridgehead atoms. The third kappa shape index (κ3) is 2.24. The van der Waals surface area contributed by atoms with E-state index in [2.05, 4.69) is 53.7 Å². The number of aryl methyl sites for hydroxylation is 2. The Kier molecular flexibility index (Phi) is 3.81. The lowest BCUT2D eigenvalue weighted by molar-refractivity contribution is 0.358. The minimum Gasteiger partial charge on any atom is -0.354 e. The Bertz CT molecular complexity index is 400. The lowest BCUT2D eigenvalue weighted by Gasteiger charge is -2.39. The molecule has 1 aliphatic rings. The molecule has 0 aromatic carbocycles. The van der Waals surface area contributed by atoms with E-state index in [0.29, 0.717) is 6.04 Å². The fourth-order valence-electron chi connectivity index (χ4n) is 2.84. The average molecular weight is 300 g/mol. The van der Waals surface area contributed by atoms with Crippen LogP contribution >= 0.6 is 15.9 Å². The van der Waals surface area contributed by atoms with Gasteiger partial charge in [-0.3, -0.25) is 4.68 Å². The molecule has 0 N–H and O–H groups in total. The Hall–Kier alpha value is -0.510. The largest absolute Gasteiger partial charge is 0.354 e. The summed E-state index contributed by atoms with van der Waals surface area (Å²) in [6.45, 7) is 7.95. The van der Waals surface area contributed by atoms with E-state index >= 15 is 0 Å². The summed E-state index contributed by atoms with van der Waals surface area (Å²) < 4.78 is 2.04. The summed E-state index contributed by atoms with van der Waals surface area (Å²) in [5.41, 5.74) is 2.48. The number of nitrogens with zero attached hydrogens (tertiary/aromatic N) is 3. The van der Waals surface area contributed by atoms with Crippen molar-refractivity contribution in [2.45, 2.75) is 45.0 Å². The number of anilines is 1. The van der Waals surface area contributed by atoms with Crippen LogP contribution in [0.25, 0.3) is 0 Å². The predicted octanol–water partition coefficient (Wildman–Crippen LogP) is 3.25. The van der Waals surface area contributed by atoms with Gasteiger partial charge in [-0.25, -0.2) is 0 Å². The molecule has 0 saturated carbocycles. The third-order valence-corrected chi connectivity index (χ3v) is 4.65. The first-order valence-corrected chi connectivity index (χ1v) is 7.53. The van der Waals surface area contributed by atoms with Crippen molar-refractivity contribution < 1.29 is 0 Å². The number of hydrogen-bond donors (Lipinski definition) is 0. The minimum atomic E-state index is 0.608. The summed E-state index contributed by atoms with van der Waals surface area (Å²) in [6.07, 6.45) is 2.63. The van der Waals surface area contributed by atoms with Crippen molar-refractivity contribution in [1.82, 2.24) is 9.78 Å². The second-order valence-electron chi connectivity index (χ2n) is 5.20. The van der Waals surface area contributed by atoms with Crippen molar-refractivity contribution in [3.63, 3.8) is 0 Å². The highest BCUT2D eigenvalue weighted by Gasteiger charge is 2.29. The van der Waals surface area contributed by atoms with E-state index in [-0.39, 0.29) is 0 Å². The smallest absolute Gasteiger partial charge is 0.131 e. The fraction of sp³-hybridized carbons (Fsp3) is 0.769. The first-order valence-electron chi connectivity index (χ1n) is 6.41. The molecule has 2 rings (SSSR count). The van der Waals surface area contributed by atoms with Gasteiger partial charge in [0, 0.05) is 30.5 Å². The SMILES string of the molecule is Cc1nn(C)c(N2CCCC(C)C2C)c1CBr. The highest BCUT2D eigenvalue weighted by Crippen LogP contribution is 2.32. The van der Waals surface area contributed by atoms with Crippen molar-refractivity contribution in [1.29, 1.82) is 0 Å². The van der Waals surface area contributed by atoms with E-state index in [1.54, 1.807) is 0 Å². The van der Waals surface area contributed by atoms with Crippen LogP contribution in [0.3, 0.4) is 0 Å². The van der Waals surface area contributed by atoms with Gasteiger partial charge in [0.25, 0.3) is 0 Å². The molecule has 1 aromatic rings. The zero-order valence-corrected chi connectivity index (χ0v) is 12.8. The van der Waals surface area contributed by atoms with Crippen LogP contribution in [0, 0.1) is 12.8 Å². The predicted molar refractivity (Wildman–Crippen MR) is 75.8 cm³/mol. The molecule has 2 heterocycles. The van der Waals surface area contributed by atoms with E-state index in [4.69, 9.17) is 0 Å². The average Bonchev–Trinajstić information content (AvgIpc) is 2.57. The highest BCUT2D eigenvalue weighted by atomic mass is 79.9. The molecule has 17 heavy (non-hydrogen) atoms. The molecular formula is C13H22BrN3. The lowest BCUT2D eigenvalue weighted by atomic mass is 9.92. The standard InChI is InChI=1S/C13H22BrN3/c1-9-6-5-7-17(11(9)3)13-12(8-14)10(2)15-16(13)4/h9,11H,5-8H2,1-4H3. The molecule has 3 nitrogen and oxygen atoms in total. The van der Waals surface area contributed by atoms with Crippen molar-refractivity contribution in [2.24, 2.45) is 13.0 Å². The van der Waals surface area contributed by atoms with Crippen LogP contribution in [0.5, 0.6) is 0 Å². The maximum Gasteiger partial charge on any atom is 0.131 e. The summed E-state index contributed by atoms with van der Waals surface area (Å²) in [7, 11) is 2.06. The van der Waals surface area contributed by atoms with Gasteiger partial charge in [-0.1, -0.05) is 22.9 Å². The molecule has 1 saturated heterocycles. The van der Waals surface area contributed by atoms with Gasteiger partial charge in [-0.15, -0.1) is 0 Å². The molecule has 2 atom stereocenters. The van der Waals surface area contributed by atoms with E-state index in [1.807, 2.05) is 4.68 Å². The summed E-state index contributed by atoms with van der Waals surface area (Å²) in [6, 6.07) is 0.608. The minimum absolute atomic E-state index is 0.608. The van der Waals surface area contributed by atoms with E-state index < -0.39 is 0 Å². The number of alkyl halides is 1. The molecule has 1 aliphatic heterocycles. The summed E-state index contributed by atoms with van der Waals surface area (Å²) >= 11 is 3.59. The number of hydrogen-bond acceptors (Lipinski definition) is 2. The van der Waals surface area contributed by atoms with Crippen LogP contribution in [-0.4, -0.2) is 22.4 Å². The van der Waals surface area contributed by atoms with Gasteiger partial charge < -0.3 is 4.90 Å². The number of halogens is 1. The summed E-state index contributed by atoms with van der Waals surface area (Å²) in [4.78, 5) is 2.53. The number of rotatable bonds is 2. The van der Waals surface area contributed by atoms with E-state index in [1.165, 1.54) is 24.2 Å². The molecule has 0 radical (unpaired) electrons. The van der Waals surface area contributed by atoms with Crippen molar-refractivity contribution in [3.05, 3.63) is 11.3 Å². The van der Waals surface area contributed by atoms with Gasteiger partial charge in [-0.2, -0.15) is 5.10 Å². The van der Waals surface area contributed by atoms with Crippen LogP contribution in [0.1, 0.15) is 37.9 Å². The Morgan fingerprint density at radius 3 is 2.76 bits per heavy atom. The molecule has 1 fully saturated rings. The highest BCUT2D eigenvalue weighted by molar-refractivity contribution is 9.08. The normalized spacial score (nSPS) is 25.4. The van der Waals surface area contributed by atoms with E-state index in [9.17, 15) is 0 Å². The maximum atomic E-state index is 4.56. The second-order valence-corrected chi connectivity index (χ2v) is 5.76. The van der Waals surface area contributed by atoms with Crippen LogP contribution in [0.2, 0.25) is 0 Å². The quantitative estimate of drug-likeness (QED) is 0.782. The fourth-order valence-corrected chi connectivity index (χ4v) is 3.50. The molecule has 0 spiro atoms. The number of piperidine rings is 1. The van der Waals surface area contributed by atoms with Gasteiger partial charge in [0.2, 0.25) is 0 Å². The van der Waals surface area contributed by atoms with Crippen LogP contribution in [-0.2, 0) is 12.4 Å². The Morgan fingerprint density at radius 2 is 2.12 bits per heavy atom. The monoisotopic (exact) mass is 299 g/mol. The molecule has 1 aromatic heterocycles. The van der Waals surface area contributed by atoms with Gasteiger partial charge in [0.1, 0.15) is 5.82 Å². The topological polar surface area (TPSA) is 21.1 Å². The molecule has 96 valence electrons. The first kappa shape index (κ1) is 12.9. The van der Waals surface area contributed by atoms with Gasteiger partial charge in [0.15, 0.2) is 0 Å². The van der Waals surface area contributed by atoms with Crippen LogP contribution in [0.4, 0.5) is 5.82 Å². The number of aromatic nitrogens is 2. The van der Waals surface area contributed by atoms with Crippen molar-refractivity contribution in [2.75, 3.05) is 11.4 Å². The Balaban J connectivity index is 2.38. The van der Waals surface area contributed by atoms with E-state index in [0.717, 1.165) is 23.5 Å². The zero-order valence-electron chi connectivity index (χ0n) is 11.2. The van der Waals surface area contributed by atoms with Gasteiger partial charge in [-0.05, 0) is 32.6 Å². The van der Waals surface area contributed by atoms with Crippen LogP contribution in [0.15, 0.2) is 0 Å². The van der Waals surface area contributed by atoms with Crippen molar-refractivity contribution >= 4 is 21.7 Å². The van der Waals surface area contributed by atoms with Gasteiger partial charge >= 0.3 is 0 Å². The third-order valence-electron chi connectivity index (χ3n) is 4.09.